The first-order valence-corrected chi connectivity index (χ1v) is 12.4. The maximum Gasteiger partial charge on any atom is 0.240 e. The van der Waals surface area contributed by atoms with Crippen LogP contribution in [0.2, 0.25) is 0 Å². The Morgan fingerprint density at radius 3 is 2.64 bits per heavy atom. The summed E-state index contributed by atoms with van der Waals surface area (Å²) in [4.78, 5) is 30.3. The Bertz CT molecular complexity index is 1310. The van der Waals surface area contributed by atoms with Gasteiger partial charge in [0.05, 0.1) is 5.39 Å². The largest absolute Gasteiger partial charge is 0.368 e. The van der Waals surface area contributed by atoms with Crippen molar-refractivity contribution in [2.75, 3.05) is 4.90 Å². The average Bonchev–Trinajstić information content (AvgIpc) is 3.47. The van der Waals surface area contributed by atoms with Gasteiger partial charge in [0, 0.05) is 23.2 Å². The highest BCUT2D eigenvalue weighted by Crippen LogP contribution is 2.46. The average molecular weight is 456 g/mol. The molecule has 0 radical (unpaired) electrons. The summed E-state index contributed by atoms with van der Waals surface area (Å²) in [5, 5.41) is 3.15. The van der Waals surface area contributed by atoms with Crippen LogP contribution in [-0.4, -0.2) is 32.9 Å². The van der Waals surface area contributed by atoms with E-state index < -0.39 is 0 Å². The van der Waals surface area contributed by atoms with Crippen LogP contribution in [-0.2, 0) is 4.79 Å². The third-order valence-corrected chi connectivity index (χ3v) is 7.93. The van der Waals surface area contributed by atoms with Crippen LogP contribution in [0.3, 0.4) is 0 Å². The third-order valence-electron chi connectivity index (χ3n) is 7.05. The summed E-state index contributed by atoms with van der Waals surface area (Å²) >= 11 is 1.61. The second kappa shape index (κ2) is 8.23. The van der Waals surface area contributed by atoms with Crippen LogP contribution >= 0.6 is 11.3 Å². The molecule has 1 aliphatic carbocycles. The molecule has 2 aliphatic rings. The van der Waals surface area contributed by atoms with Crippen molar-refractivity contribution in [2.24, 2.45) is 11.7 Å². The Kier molecular flexibility index (Phi) is 5.06. The van der Waals surface area contributed by atoms with Gasteiger partial charge in [-0.25, -0.2) is 9.97 Å². The number of rotatable bonds is 4. The fraction of sp³-hybridized carbons (Fsp3) is 0.308. The van der Waals surface area contributed by atoms with Gasteiger partial charge < -0.3 is 10.6 Å². The quantitative estimate of drug-likeness (QED) is 0.466. The van der Waals surface area contributed by atoms with E-state index in [0.717, 1.165) is 52.1 Å². The Morgan fingerprint density at radius 2 is 1.85 bits per heavy atom. The van der Waals surface area contributed by atoms with E-state index in [1.54, 1.807) is 17.5 Å². The van der Waals surface area contributed by atoms with Crippen molar-refractivity contribution in [1.82, 2.24) is 15.0 Å². The number of carbonyl (C=O) groups excluding carboxylic acids is 1. The van der Waals surface area contributed by atoms with Gasteiger partial charge in [-0.1, -0.05) is 49.2 Å². The fourth-order valence-corrected chi connectivity index (χ4v) is 6.51. The molecule has 3 unspecified atom stereocenters. The third kappa shape index (κ3) is 3.47. The lowest BCUT2D eigenvalue weighted by Gasteiger charge is -2.34. The zero-order chi connectivity index (χ0) is 22.4. The number of anilines is 1. The zero-order valence-corrected chi connectivity index (χ0v) is 19.0. The van der Waals surface area contributed by atoms with Crippen LogP contribution < -0.4 is 10.6 Å². The SMILES string of the molecule is NC(=O)C1CC2CCCCC2N1c1nc(-c2ccccn2)nc2scc(-c3ccccc3)c12. The first-order chi connectivity index (χ1) is 16.2. The van der Waals surface area contributed by atoms with Crippen molar-refractivity contribution in [3.8, 4) is 22.6 Å². The molecule has 2 N–H and O–H groups in total. The number of carbonyl (C=O) groups is 1. The summed E-state index contributed by atoms with van der Waals surface area (Å²) in [6, 6.07) is 16.0. The molecule has 2 fully saturated rings. The predicted molar refractivity (Wildman–Crippen MR) is 132 cm³/mol. The molecule has 1 saturated heterocycles. The van der Waals surface area contributed by atoms with Gasteiger partial charge in [0.2, 0.25) is 5.91 Å². The summed E-state index contributed by atoms with van der Waals surface area (Å²) in [6.45, 7) is 0. The fourth-order valence-electron chi connectivity index (χ4n) is 5.57. The Labute approximate surface area is 196 Å². The highest BCUT2D eigenvalue weighted by Gasteiger charge is 2.46. The van der Waals surface area contributed by atoms with Crippen molar-refractivity contribution in [3.05, 3.63) is 60.1 Å². The van der Waals surface area contributed by atoms with E-state index in [9.17, 15) is 4.79 Å². The number of nitrogens with zero attached hydrogens (tertiary/aromatic N) is 4. The molecule has 4 heterocycles. The summed E-state index contributed by atoms with van der Waals surface area (Å²) in [6.07, 6.45) is 7.14. The molecule has 166 valence electrons. The standard InChI is InChI=1S/C26H25N5OS/c27-23(32)21-14-17-10-4-5-12-20(17)31(21)25-22-18(16-8-2-1-3-9-16)15-33-26(22)30-24(29-25)19-11-6-7-13-28-19/h1-3,6-9,11,13,15,17,20-21H,4-5,10,12,14H2,(H2,27,32). The van der Waals surface area contributed by atoms with Gasteiger partial charge >= 0.3 is 0 Å². The molecular formula is C26H25N5OS. The minimum Gasteiger partial charge on any atom is -0.368 e. The first kappa shape index (κ1) is 20.3. The van der Waals surface area contributed by atoms with E-state index in [2.05, 4.69) is 27.4 Å². The first-order valence-electron chi connectivity index (χ1n) is 11.5. The lowest BCUT2D eigenvalue weighted by Crippen LogP contribution is -2.45. The van der Waals surface area contributed by atoms with E-state index >= 15 is 0 Å². The number of pyridine rings is 1. The van der Waals surface area contributed by atoms with Crippen LogP contribution in [0.15, 0.2) is 60.1 Å². The van der Waals surface area contributed by atoms with Crippen molar-refractivity contribution in [1.29, 1.82) is 0 Å². The molecule has 1 aliphatic heterocycles. The van der Waals surface area contributed by atoms with Crippen LogP contribution in [0.4, 0.5) is 5.82 Å². The number of benzene rings is 1. The van der Waals surface area contributed by atoms with E-state index in [0.29, 0.717) is 11.7 Å². The van der Waals surface area contributed by atoms with Gasteiger partial charge in [0.15, 0.2) is 5.82 Å². The number of primary amides is 1. The summed E-state index contributed by atoms with van der Waals surface area (Å²) in [5.41, 5.74) is 8.91. The van der Waals surface area contributed by atoms with Gasteiger partial charge in [-0.05, 0) is 42.9 Å². The lowest BCUT2D eigenvalue weighted by molar-refractivity contribution is -0.119. The Hall–Kier alpha value is -3.32. The zero-order valence-electron chi connectivity index (χ0n) is 18.2. The summed E-state index contributed by atoms with van der Waals surface area (Å²) in [7, 11) is 0. The van der Waals surface area contributed by atoms with Crippen molar-refractivity contribution in [3.63, 3.8) is 0 Å². The van der Waals surface area contributed by atoms with Gasteiger partial charge in [-0.2, -0.15) is 0 Å². The number of hydrogen-bond donors (Lipinski definition) is 1. The molecule has 0 bridgehead atoms. The maximum atomic E-state index is 12.6. The van der Waals surface area contributed by atoms with Crippen LogP contribution in [0.5, 0.6) is 0 Å². The molecule has 4 aromatic rings. The van der Waals surface area contributed by atoms with Gasteiger partial charge in [-0.3, -0.25) is 9.78 Å². The minimum atomic E-state index is -0.351. The maximum absolute atomic E-state index is 12.6. The molecule has 1 saturated carbocycles. The lowest BCUT2D eigenvalue weighted by atomic mass is 9.84. The van der Waals surface area contributed by atoms with Crippen LogP contribution in [0.25, 0.3) is 32.9 Å². The number of thiophene rings is 1. The minimum absolute atomic E-state index is 0.271. The van der Waals surface area contributed by atoms with E-state index in [4.69, 9.17) is 15.7 Å². The number of nitrogens with two attached hydrogens (primary N) is 1. The molecular weight excluding hydrogens is 430 g/mol. The van der Waals surface area contributed by atoms with Crippen molar-refractivity contribution in [2.45, 2.75) is 44.2 Å². The molecule has 0 spiro atoms. The predicted octanol–water partition coefficient (Wildman–Crippen LogP) is 5.04. The molecule has 6 rings (SSSR count). The molecule has 33 heavy (non-hydrogen) atoms. The van der Waals surface area contributed by atoms with Crippen molar-refractivity contribution < 1.29 is 4.79 Å². The second-order valence-electron chi connectivity index (χ2n) is 8.95. The molecule has 1 aromatic carbocycles. The number of hydrogen-bond acceptors (Lipinski definition) is 6. The Balaban J connectivity index is 1.61. The normalized spacial score (nSPS) is 22.4. The monoisotopic (exact) mass is 455 g/mol. The molecule has 7 heteroatoms. The summed E-state index contributed by atoms with van der Waals surface area (Å²) < 4.78 is 0. The van der Waals surface area contributed by atoms with Gasteiger partial charge in [0.1, 0.15) is 22.4 Å². The second-order valence-corrected chi connectivity index (χ2v) is 9.81. The smallest absolute Gasteiger partial charge is 0.240 e. The molecule has 6 nitrogen and oxygen atoms in total. The van der Waals surface area contributed by atoms with E-state index in [1.165, 1.54) is 12.8 Å². The van der Waals surface area contributed by atoms with E-state index in [1.807, 2.05) is 36.4 Å². The van der Waals surface area contributed by atoms with Gasteiger partial charge in [-0.15, -0.1) is 11.3 Å². The van der Waals surface area contributed by atoms with Crippen LogP contribution in [0, 0.1) is 5.92 Å². The highest BCUT2D eigenvalue weighted by atomic mass is 32.1. The van der Waals surface area contributed by atoms with Gasteiger partial charge in [0.25, 0.3) is 0 Å². The number of aromatic nitrogens is 3. The topological polar surface area (TPSA) is 85.0 Å². The Morgan fingerprint density at radius 1 is 1.03 bits per heavy atom. The molecule has 3 aromatic heterocycles. The molecule has 1 amide bonds. The van der Waals surface area contributed by atoms with Crippen LogP contribution in [0.1, 0.15) is 32.1 Å². The summed E-state index contributed by atoms with van der Waals surface area (Å²) in [5.74, 6) is 1.60. The van der Waals surface area contributed by atoms with E-state index in [-0.39, 0.29) is 18.0 Å². The number of fused-ring (bicyclic) bond motifs is 2. The van der Waals surface area contributed by atoms with Crippen molar-refractivity contribution >= 4 is 33.3 Å². The number of amides is 1. The highest BCUT2D eigenvalue weighted by molar-refractivity contribution is 7.17. The molecule has 3 atom stereocenters.